The van der Waals surface area contributed by atoms with E-state index in [1.54, 1.807) is 10.7 Å². The summed E-state index contributed by atoms with van der Waals surface area (Å²) in [5.74, 6) is 0. The molecule has 2 rings (SSSR count). The summed E-state index contributed by atoms with van der Waals surface area (Å²) < 4.78 is 1.72. The molecule has 0 aliphatic rings. The van der Waals surface area contributed by atoms with Gasteiger partial charge in [-0.3, -0.25) is 9.48 Å². The van der Waals surface area contributed by atoms with Gasteiger partial charge in [-0.15, -0.1) is 0 Å². The Bertz CT molecular complexity index is 460. The minimum Gasteiger partial charge on any atom is -0.298 e. The molecule has 0 unspecified atom stereocenters. The first-order valence-corrected chi connectivity index (χ1v) is 4.35. The van der Waals surface area contributed by atoms with Crippen LogP contribution in [0, 0.1) is 0 Å². The van der Waals surface area contributed by atoms with Gasteiger partial charge < -0.3 is 0 Å². The van der Waals surface area contributed by atoms with Gasteiger partial charge in [-0.2, -0.15) is 5.10 Å². The fourth-order valence-corrected chi connectivity index (χ4v) is 1.39. The molecule has 0 spiro atoms. The van der Waals surface area contributed by atoms with Crippen molar-refractivity contribution in [3.05, 3.63) is 42.1 Å². The predicted molar refractivity (Wildman–Crippen MR) is 54.0 cm³/mol. The van der Waals surface area contributed by atoms with Crippen molar-refractivity contribution < 1.29 is 4.79 Å². The number of nitrogens with zero attached hydrogens (tertiary/aromatic N) is 2. The van der Waals surface area contributed by atoms with E-state index in [-0.39, 0.29) is 0 Å². The van der Waals surface area contributed by atoms with Crippen LogP contribution in [0.15, 0.2) is 36.5 Å². The molecular formula is C11H10N2O. The minimum atomic E-state index is 0.672. The number of carbonyl (C=O) groups is 1. The Hall–Kier alpha value is -1.90. The van der Waals surface area contributed by atoms with Crippen molar-refractivity contribution in [3.63, 3.8) is 0 Å². The topological polar surface area (TPSA) is 34.9 Å². The lowest BCUT2D eigenvalue weighted by molar-refractivity contribution is 0.112. The normalized spacial score (nSPS) is 10.1. The largest absolute Gasteiger partial charge is 0.298 e. The van der Waals surface area contributed by atoms with E-state index in [0.717, 1.165) is 17.5 Å². The first kappa shape index (κ1) is 8.69. The van der Waals surface area contributed by atoms with Crippen LogP contribution in [-0.2, 0) is 7.05 Å². The van der Waals surface area contributed by atoms with Gasteiger partial charge >= 0.3 is 0 Å². The summed E-state index contributed by atoms with van der Waals surface area (Å²) in [5, 5.41) is 4.25. The van der Waals surface area contributed by atoms with Gasteiger partial charge in [0.1, 0.15) is 0 Å². The highest BCUT2D eigenvalue weighted by Gasteiger charge is 2.05. The van der Waals surface area contributed by atoms with E-state index in [9.17, 15) is 4.79 Å². The molecule has 0 bridgehead atoms. The van der Waals surface area contributed by atoms with Gasteiger partial charge in [0, 0.05) is 24.4 Å². The van der Waals surface area contributed by atoms with E-state index in [2.05, 4.69) is 5.10 Å². The summed E-state index contributed by atoms with van der Waals surface area (Å²) >= 11 is 0. The van der Waals surface area contributed by atoms with Crippen LogP contribution in [-0.4, -0.2) is 16.1 Å². The van der Waals surface area contributed by atoms with E-state index in [1.807, 2.05) is 37.5 Å². The van der Waals surface area contributed by atoms with Gasteiger partial charge in [-0.05, 0) is 6.07 Å². The number of rotatable bonds is 2. The highest BCUT2D eigenvalue weighted by Crippen LogP contribution is 2.19. The molecule has 0 saturated carbocycles. The smallest absolute Gasteiger partial charge is 0.150 e. The summed E-state index contributed by atoms with van der Waals surface area (Å²) in [5.41, 5.74) is 2.38. The Morgan fingerprint density at radius 3 is 2.71 bits per heavy atom. The minimum absolute atomic E-state index is 0.672. The average molecular weight is 186 g/mol. The fraction of sp³-hybridized carbons (Fsp3) is 0.0909. The molecular weight excluding hydrogens is 176 g/mol. The number of aromatic nitrogens is 2. The third kappa shape index (κ3) is 1.44. The number of hydrogen-bond donors (Lipinski definition) is 0. The maximum absolute atomic E-state index is 10.8. The second kappa shape index (κ2) is 3.46. The number of hydrogen-bond acceptors (Lipinski definition) is 2. The van der Waals surface area contributed by atoms with Crippen LogP contribution in [0.2, 0.25) is 0 Å². The highest BCUT2D eigenvalue weighted by molar-refractivity contribution is 5.86. The van der Waals surface area contributed by atoms with Gasteiger partial charge in [0.05, 0.1) is 5.69 Å². The molecule has 2 aromatic rings. The Morgan fingerprint density at radius 1 is 1.29 bits per heavy atom. The zero-order chi connectivity index (χ0) is 9.97. The average Bonchev–Trinajstić information content (AvgIpc) is 2.65. The zero-order valence-corrected chi connectivity index (χ0v) is 7.84. The monoisotopic (exact) mass is 186 g/mol. The van der Waals surface area contributed by atoms with Crippen LogP contribution in [0.1, 0.15) is 10.4 Å². The standard InChI is InChI=1S/C11H10N2O/c1-13-7-6-11(12-13)10-5-3-2-4-9(10)8-14/h2-8H,1H3. The van der Waals surface area contributed by atoms with Gasteiger partial charge in [0.2, 0.25) is 0 Å². The van der Waals surface area contributed by atoms with Crippen molar-refractivity contribution in [2.45, 2.75) is 0 Å². The van der Waals surface area contributed by atoms with Gasteiger partial charge in [-0.1, -0.05) is 24.3 Å². The predicted octanol–water partition coefficient (Wildman–Crippen LogP) is 1.90. The van der Waals surface area contributed by atoms with E-state index < -0.39 is 0 Å². The SMILES string of the molecule is Cn1ccc(-c2ccccc2C=O)n1. The van der Waals surface area contributed by atoms with Gasteiger partial charge in [0.15, 0.2) is 6.29 Å². The van der Waals surface area contributed by atoms with Crippen LogP contribution in [0.4, 0.5) is 0 Å². The third-order valence-electron chi connectivity index (χ3n) is 2.08. The van der Waals surface area contributed by atoms with Gasteiger partial charge in [0.25, 0.3) is 0 Å². The van der Waals surface area contributed by atoms with E-state index in [4.69, 9.17) is 0 Å². The highest BCUT2D eigenvalue weighted by atomic mass is 16.1. The van der Waals surface area contributed by atoms with Crippen molar-refractivity contribution >= 4 is 6.29 Å². The maximum atomic E-state index is 10.8. The molecule has 0 radical (unpaired) electrons. The van der Waals surface area contributed by atoms with Crippen molar-refractivity contribution in [3.8, 4) is 11.3 Å². The first-order chi connectivity index (χ1) is 6.81. The summed E-state index contributed by atoms with van der Waals surface area (Å²) in [7, 11) is 1.85. The first-order valence-electron chi connectivity index (χ1n) is 4.35. The molecule has 0 aliphatic heterocycles. The second-order valence-corrected chi connectivity index (χ2v) is 3.08. The van der Waals surface area contributed by atoms with Gasteiger partial charge in [-0.25, -0.2) is 0 Å². The van der Waals surface area contributed by atoms with Crippen molar-refractivity contribution in [2.24, 2.45) is 7.05 Å². The van der Waals surface area contributed by atoms with Crippen LogP contribution in [0.25, 0.3) is 11.3 Å². The number of carbonyl (C=O) groups excluding carboxylic acids is 1. The van der Waals surface area contributed by atoms with E-state index >= 15 is 0 Å². The number of aryl methyl sites for hydroxylation is 1. The Kier molecular flexibility index (Phi) is 2.14. The lowest BCUT2D eigenvalue weighted by Crippen LogP contribution is -1.90. The second-order valence-electron chi connectivity index (χ2n) is 3.08. The Morgan fingerprint density at radius 2 is 2.07 bits per heavy atom. The Labute approximate surface area is 82.0 Å². The van der Waals surface area contributed by atoms with Crippen LogP contribution >= 0.6 is 0 Å². The fourth-order valence-electron chi connectivity index (χ4n) is 1.39. The van der Waals surface area contributed by atoms with E-state index in [0.29, 0.717) is 5.56 Å². The van der Waals surface area contributed by atoms with Crippen molar-refractivity contribution in [2.75, 3.05) is 0 Å². The molecule has 0 N–H and O–H groups in total. The molecule has 3 heteroatoms. The number of aldehydes is 1. The molecule has 14 heavy (non-hydrogen) atoms. The molecule has 0 atom stereocenters. The molecule has 1 aromatic carbocycles. The van der Waals surface area contributed by atoms with E-state index in [1.165, 1.54) is 0 Å². The molecule has 0 aliphatic carbocycles. The van der Waals surface area contributed by atoms with Crippen LogP contribution in [0.5, 0.6) is 0 Å². The summed E-state index contributed by atoms with van der Waals surface area (Å²) in [6.07, 6.45) is 2.71. The lowest BCUT2D eigenvalue weighted by atomic mass is 10.1. The summed E-state index contributed by atoms with van der Waals surface area (Å²) in [6, 6.07) is 9.32. The maximum Gasteiger partial charge on any atom is 0.150 e. The molecule has 1 heterocycles. The van der Waals surface area contributed by atoms with Crippen molar-refractivity contribution in [1.82, 2.24) is 9.78 Å². The lowest BCUT2D eigenvalue weighted by Gasteiger charge is -1.99. The van der Waals surface area contributed by atoms with Crippen molar-refractivity contribution in [1.29, 1.82) is 0 Å². The third-order valence-corrected chi connectivity index (χ3v) is 2.08. The quantitative estimate of drug-likeness (QED) is 0.671. The molecule has 0 saturated heterocycles. The van der Waals surface area contributed by atoms with Crippen LogP contribution in [0.3, 0.4) is 0 Å². The molecule has 0 amide bonds. The molecule has 3 nitrogen and oxygen atoms in total. The Balaban J connectivity index is 2.55. The van der Waals surface area contributed by atoms with Crippen LogP contribution < -0.4 is 0 Å². The molecule has 0 fully saturated rings. The molecule has 1 aromatic heterocycles. The zero-order valence-electron chi connectivity index (χ0n) is 7.84. The molecule has 70 valence electrons. The summed E-state index contributed by atoms with van der Waals surface area (Å²) in [4.78, 5) is 10.8. The number of benzene rings is 1. The summed E-state index contributed by atoms with van der Waals surface area (Å²) in [6.45, 7) is 0.